The Bertz CT molecular complexity index is 683. The number of amides is 1. The maximum absolute atomic E-state index is 12.0. The van der Waals surface area contributed by atoms with E-state index in [0.717, 1.165) is 30.9 Å². The molecule has 8 nitrogen and oxygen atoms in total. The molecule has 0 bridgehead atoms. The number of hydrogen-bond acceptors (Lipinski definition) is 7. The average Bonchev–Trinajstić information content (AvgIpc) is 3.16. The fourth-order valence-electron chi connectivity index (χ4n) is 2.48. The van der Waals surface area contributed by atoms with Gasteiger partial charge < -0.3 is 24.2 Å². The number of methoxy groups -OCH3 is 1. The van der Waals surface area contributed by atoms with Gasteiger partial charge in [0.15, 0.2) is 0 Å². The number of ether oxygens (including phenoxy) is 2. The summed E-state index contributed by atoms with van der Waals surface area (Å²) in [4.78, 5) is 18.5. The molecule has 2 aromatic rings. The largest absolute Gasteiger partial charge is 0.497 e. The molecule has 1 amide bonds. The number of likely N-dealkylation sites (N-methyl/N-ethyl adjacent to an activating group) is 1. The smallest absolute Gasteiger partial charge is 0.236 e. The number of nitrogens with one attached hydrogen (secondary N) is 1. The Hall–Kier alpha value is -2.45. The lowest BCUT2D eigenvalue weighted by Gasteiger charge is -2.17. The van der Waals surface area contributed by atoms with Gasteiger partial charge in [0.2, 0.25) is 17.6 Å². The summed E-state index contributed by atoms with van der Waals surface area (Å²) in [6.07, 6.45) is 0.0442. The maximum atomic E-state index is 12.0. The second-order valence-electron chi connectivity index (χ2n) is 5.91. The second-order valence-corrected chi connectivity index (χ2v) is 5.91. The Balaban J connectivity index is 1.68. The summed E-state index contributed by atoms with van der Waals surface area (Å²) in [5.74, 6) is 1.30. The van der Waals surface area contributed by atoms with Crippen LogP contribution >= 0.6 is 0 Å². The monoisotopic (exact) mass is 376 g/mol. The molecule has 0 radical (unpaired) electrons. The molecule has 0 aliphatic rings. The molecule has 0 saturated carbocycles. The fraction of sp³-hybridized carbons (Fsp3) is 0.526. The summed E-state index contributed by atoms with van der Waals surface area (Å²) >= 11 is 0. The summed E-state index contributed by atoms with van der Waals surface area (Å²) < 4.78 is 15.8. The maximum Gasteiger partial charge on any atom is 0.236 e. The van der Waals surface area contributed by atoms with Gasteiger partial charge in [-0.3, -0.25) is 4.79 Å². The third-order valence-electron chi connectivity index (χ3n) is 4.14. The first-order valence-electron chi connectivity index (χ1n) is 9.20. The highest BCUT2D eigenvalue weighted by atomic mass is 16.5. The molecule has 1 N–H and O–H groups in total. The van der Waals surface area contributed by atoms with Gasteiger partial charge in [-0.15, -0.1) is 0 Å². The van der Waals surface area contributed by atoms with Crippen molar-refractivity contribution in [3.05, 3.63) is 30.2 Å². The molecule has 2 rings (SSSR count). The Morgan fingerprint density at radius 3 is 2.59 bits per heavy atom. The Kier molecular flexibility index (Phi) is 8.73. The molecule has 8 heteroatoms. The first-order valence-corrected chi connectivity index (χ1v) is 9.20. The lowest BCUT2D eigenvalue weighted by molar-refractivity contribution is -0.121. The van der Waals surface area contributed by atoms with E-state index in [0.29, 0.717) is 25.6 Å². The number of hydrogen-bond donors (Lipinski definition) is 1. The van der Waals surface area contributed by atoms with Crippen LogP contribution in [0, 0.1) is 0 Å². The molecule has 0 saturated heterocycles. The first kappa shape index (κ1) is 20.9. The Morgan fingerprint density at radius 1 is 1.19 bits per heavy atom. The van der Waals surface area contributed by atoms with Gasteiger partial charge in [0.1, 0.15) is 12.2 Å². The quantitative estimate of drug-likeness (QED) is 0.565. The highest BCUT2D eigenvalue weighted by Gasteiger charge is 2.12. The predicted octanol–water partition coefficient (Wildman–Crippen LogP) is 1.76. The Labute approximate surface area is 159 Å². The summed E-state index contributed by atoms with van der Waals surface area (Å²) in [6.45, 7) is 8.77. The first-order chi connectivity index (χ1) is 13.2. The van der Waals surface area contributed by atoms with E-state index in [1.807, 2.05) is 24.3 Å². The van der Waals surface area contributed by atoms with Gasteiger partial charge in [0, 0.05) is 18.7 Å². The molecular weight excluding hydrogens is 348 g/mol. The van der Waals surface area contributed by atoms with Gasteiger partial charge >= 0.3 is 0 Å². The van der Waals surface area contributed by atoms with Crippen LogP contribution in [0.25, 0.3) is 11.4 Å². The summed E-state index contributed by atoms with van der Waals surface area (Å²) in [7, 11) is 1.61. The zero-order valence-corrected chi connectivity index (χ0v) is 16.2. The van der Waals surface area contributed by atoms with Gasteiger partial charge in [-0.25, -0.2) is 0 Å². The lowest BCUT2D eigenvalue weighted by atomic mass is 10.2. The van der Waals surface area contributed by atoms with Crippen molar-refractivity contribution < 1.29 is 18.8 Å². The molecule has 0 fully saturated rings. The van der Waals surface area contributed by atoms with E-state index in [1.54, 1.807) is 7.11 Å². The number of nitrogens with zero attached hydrogens (tertiary/aromatic N) is 3. The zero-order chi connectivity index (χ0) is 19.5. The average molecular weight is 376 g/mol. The van der Waals surface area contributed by atoms with Crippen molar-refractivity contribution >= 4 is 5.91 Å². The molecule has 148 valence electrons. The van der Waals surface area contributed by atoms with E-state index in [1.165, 1.54) is 0 Å². The molecule has 0 atom stereocenters. The minimum atomic E-state index is -0.174. The summed E-state index contributed by atoms with van der Waals surface area (Å²) in [6, 6.07) is 7.31. The Morgan fingerprint density at radius 2 is 1.93 bits per heavy atom. The summed E-state index contributed by atoms with van der Waals surface area (Å²) in [5, 5.41) is 6.70. The van der Waals surface area contributed by atoms with E-state index in [2.05, 4.69) is 34.2 Å². The van der Waals surface area contributed by atoms with Gasteiger partial charge in [-0.2, -0.15) is 4.98 Å². The van der Waals surface area contributed by atoms with Gasteiger partial charge in [-0.1, -0.05) is 19.0 Å². The fourth-order valence-corrected chi connectivity index (χ4v) is 2.48. The van der Waals surface area contributed by atoms with Gasteiger partial charge in [0.05, 0.1) is 20.3 Å². The highest BCUT2D eigenvalue weighted by Crippen LogP contribution is 2.19. The minimum Gasteiger partial charge on any atom is -0.497 e. The van der Waals surface area contributed by atoms with Gasteiger partial charge in [-0.05, 0) is 37.4 Å². The van der Waals surface area contributed by atoms with Crippen LogP contribution in [0.4, 0.5) is 0 Å². The van der Waals surface area contributed by atoms with E-state index < -0.39 is 0 Å². The van der Waals surface area contributed by atoms with Crippen LogP contribution in [-0.4, -0.2) is 67.5 Å². The van der Waals surface area contributed by atoms with Crippen molar-refractivity contribution in [3.63, 3.8) is 0 Å². The number of rotatable bonds is 12. The minimum absolute atomic E-state index is 0.0442. The van der Waals surface area contributed by atoms with E-state index >= 15 is 0 Å². The van der Waals surface area contributed by atoms with Crippen molar-refractivity contribution in [2.24, 2.45) is 0 Å². The van der Waals surface area contributed by atoms with Crippen LogP contribution in [0.3, 0.4) is 0 Å². The molecule has 0 aliphatic carbocycles. The van der Waals surface area contributed by atoms with Crippen LogP contribution in [0.5, 0.6) is 5.75 Å². The van der Waals surface area contributed by atoms with E-state index in [-0.39, 0.29) is 18.2 Å². The normalized spacial score (nSPS) is 11.0. The SMILES string of the molecule is CCN(CC)CCOCCNC(=O)Cc1nc(-c2ccc(OC)cc2)no1. The zero-order valence-electron chi connectivity index (χ0n) is 16.2. The second kappa shape index (κ2) is 11.3. The van der Waals surface area contributed by atoms with Crippen LogP contribution in [0.1, 0.15) is 19.7 Å². The third-order valence-corrected chi connectivity index (χ3v) is 4.14. The number of benzene rings is 1. The standard InChI is InChI=1S/C19H28N4O4/c1-4-23(5-2)11-13-26-12-10-20-17(24)14-18-21-19(22-27-18)15-6-8-16(25-3)9-7-15/h6-9H,4-5,10-14H2,1-3H3,(H,20,24). The lowest BCUT2D eigenvalue weighted by Crippen LogP contribution is -2.31. The topological polar surface area (TPSA) is 89.7 Å². The molecule has 27 heavy (non-hydrogen) atoms. The van der Waals surface area contributed by atoms with E-state index in [4.69, 9.17) is 14.0 Å². The van der Waals surface area contributed by atoms with Crippen molar-refractivity contribution in [3.8, 4) is 17.1 Å². The number of carbonyl (C=O) groups is 1. The van der Waals surface area contributed by atoms with Crippen LogP contribution in [0.2, 0.25) is 0 Å². The predicted molar refractivity (Wildman–Crippen MR) is 102 cm³/mol. The number of aromatic nitrogens is 2. The number of carbonyl (C=O) groups excluding carboxylic acids is 1. The third kappa shape index (κ3) is 6.99. The molecule has 0 aliphatic heterocycles. The van der Waals surface area contributed by atoms with Crippen molar-refractivity contribution in [2.45, 2.75) is 20.3 Å². The van der Waals surface area contributed by atoms with Crippen LogP contribution in [-0.2, 0) is 16.0 Å². The van der Waals surface area contributed by atoms with E-state index in [9.17, 15) is 4.79 Å². The van der Waals surface area contributed by atoms with Crippen molar-refractivity contribution in [2.75, 3.05) is 46.5 Å². The molecule has 1 aromatic carbocycles. The van der Waals surface area contributed by atoms with Crippen LogP contribution < -0.4 is 10.1 Å². The molecule has 1 heterocycles. The van der Waals surface area contributed by atoms with Crippen molar-refractivity contribution in [1.29, 1.82) is 0 Å². The summed E-state index contributed by atoms with van der Waals surface area (Å²) in [5.41, 5.74) is 0.799. The van der Waals surface area contributed by atoms with Gasteiger partial charge in [0.25, 0.3) is 0 Å². The molecule has 1 aromatic heterocycles. The molecular formula is C19H28N4O4. The van der Waals surface area contributed by atoms with Crippen molar-refractivity contribution in [1.82, 2.24) is 20.4 Å². The van der Waals surface area contributed by atoms with Crippen LogP contribution in [0.15, 0.2) is 28.8 Å². The molecule has 0 spiro atoms. The molecule has 0 unspecified atom stereocenters. The highest BCUT2D eigenvalue weighted by molar-refractivity contribution is 5.77.